The molecule has 0 aromatic heterocycles. The summed E-state index contributed by atoms with van der Waals surface area (Å²) in [4.78, 5) is 2.58. The molecule has 0 aliphatic carbocycles. The zero-order valence-electron chi connectivity index (χ0n) is 16.6. The number of aromatic hydroxyl groups is 1. The molecular weight excluding hydrogens is 306 g/mol. The highest BCUT2D eigenvalue weighted by molar-refractivity contribution is 5.36. The molecule has 1 heterocycles. The van der Waals surface area contributed by atoms with Crippen LogP contribution < -0.4 is 0 Å². The van der Waals surface area contributed by atoms with Gasteiger partial charge in [0.2, 0.25) is 0 Å². The lowest BCUT2D eigenvalue weighted by molar-refractivity contribution is 0.247. The summed E-state index contributed by atoms with van der Waals surface area (Å²) in [5, 5.41) is 9.57. The maximum atomic E-state index is 9.57. The molecule has 0 bridgehead atoms. The van der Waals surface area contributed by atoms with E-state index in [4.69, 9.17) is 0 Å². The van der Waals surface area contributed by atoms with E-state index in [-0.39, 0.29) is 0 Å². The van der Waals surface area contributed by atoms with Crippen molar-refractivity contribution >= 4 is 0 Å². The minimum Gasteiger partial charge on any atom is -0.508 e. The molecule has 2 rings (SSSR count). The van der Waals surface area contributed by atoms with Gasteiger partial charge >= 0.3 is 0 Å². The minimum absolute atomic E-state index is 0.409. The Balaban J connectivity index is 1.43. The first-order valence-electron chi connectivity index (χ1n) is 10.7. The Morgan fingerprint density at radius 3 is 2.20 bits per heavy atom. The normalized spacial score (nSPS) is 14.8. The molecule has 0 atom stereocenters. The van der Waals surface area contributed by atoms with E-state index in [1.165, 1.54) is 81.9 Å². The highest BCUT2D eigenvalue weighted by atomic mass is 16.3. The van der Waals surface area contributed by atoms with E-state index in [0.29, 0.717) is 5.75 Å². The van der Waals surface area contributed by atoms with E-state index in [0.717, 1.165) is 25.4 Å². The molecule has 1 aliphatic rings. The van der Waals surface area contributed by atoms with Crippen LogP contribution in [0.5, 0.6) is 5.75 Å². The molecule has 0 unspecified atom stereocenters. The fourth-order valence-electron chi connectivity index (χ4n) is 3.91. The van der Waals surface area contributed by atoms with Crippen molar-refractivity contribution < 1.29 is 5.11 Å². The Morgan fingerprint density at radius 1 is 0.880 bits per heavy atom. The lowest BCUT2D eigenvalue weighted by Crippen LogP contribution is -2.31. The molecule has 1 aliphatic heterocycles. The van der Waals surface area contributed by atoms with E-state index >= 15 is 0 Å². The van der Waals surface area contributed by atoms with Crippen molar-refractivity contribution in [3.05, 3.63) is 29.3 Å². The molecule has 0 spiro atoms. The van der Waals surface area contributed by atoms with Crippen molar-refractivity contribution in [3.63, 3.8) is 0 Å². The topological polar surface area (TPSA) is 23.5 Å². The predicted molar refractivity (Wildman–Crippen MR) is 108 cm³/mol. The van der Waals surface area contributed by atoms with Crippen LogP contribution in [0.2, 0.25) is 0 Å². The number of fused-ring (bicyclic) bond motifs is 1. The van der Waals surface area contributed by atoms with Gasteiger partial charge in [0.15, 0.2) is 0 Å². The van der Waals surface area contributed by atoms with Crippen molar-refractivity contribution in [2.75, 3.05) is 13.1 Å². The highest BCUT2D eigenvalue weighted by Crippen LogP contribution is 2.23. The van der Waals surface area contributed by atoms with Crippen LogP contribution in [0.25, 0.3) is 0 Å². The monoisotopic (exact) mass is 345 g/mol. The first-order valence-corrected chi connectivity index (χ1v) is 10.7. The largest absolute Gasteiger partial charge is 0.508 e. The molecule has 25 heavy (non-hydrogen) atoms. The highest BCUT2D eigenvalue weighted by Gasteiger charge is 2.15. The Morgan fingerprint density at radius 2 is 1.52 bits per heavy atom. The summed E-state index contributed by atoms with van der Waals surface area (Å²) in [7, 11) is 0. The summed E-state index contributed by atoms with van der Waals surface area (Å²) in [5.41, 5.74) is 2.74. The lowest BCUT2D eigenvalue weighted by atomic mass is 9.99. The number of phenolic OH excluding ortho intramolecular Hbond substituents is 1. The quantitative estimate of drug-likeness (QED) is 0.449. The fraction of sp³-hybridized carbons (Fsp3) is 0.739. The Kier molecular flexibility index (Phi) is 9.39. The van der Waals surface area contributed by atoms with Gasteiger partial charge in [-0.15, -0.1) is 0 Å². The van der Waals surface area contributed by atoms with Gasteiger partial charge in [0.25, 0.3) is 0 Å². The first kappa shape index (κ1) is 20.3. The zero-order chi connectivity index (χ0) is 17.9. The molecule has 0 amide bonds. The minimum atomic E-state index is 0.409. The predicted octanol–water partition coefficient (Wildman–Crippen LogP) is 6.31. The number of rotatable bonds is 12. The van der Waals surface area contributed by atoms with Crippen LogP contribution in [0, 0.1) is 5.92 Å². The molecule has 1 aromatic rings. The number of benzene rings is 1. The van der Waals surface area contributed by atoms with Crippen molar-refractivity contribution in [1.82, 2.24) is 4.90 Å². The second-order valence-corrected chi connectivity index (χ2v) is 8.34. The van der Waals surface area contributed by atoms with Gasteiger partial charge in [-0.05, 0) is 48.6 Å². The Bertz CT molecular complexity index is 483. The van der Waals surface area contributed by atoms with Crippen LogP contribution in [0.15, 0.2) is 18.2 Å². The van der Waals surface area contributed by atoms with Gasteiger partial charge in [0.1, 0.15) is 5.75 Å². The molecule has 0 saturated carbocycles. The molecule has 2 nitrogen and oxygen atoms in total. The molecule has 1 aromatic carbocycles. The summed E-state index contributed by atoms with van der Waals surface area (Å²) in [6.45, 7) is 8.09. The third kappa shape index (κ3) is 8.27. The SMILES string of the molecule is CC(C)CCCCCCCCCCCN1CCc2cc(O)ccc2C1. The maximum Gasteiger partial charge on any atom is 0.115 e. The van der Waals surface area contributed by atoms with E-state index in [1.807, 2.05) is 12.1 Å². The second-order valence-electron chi connectivity index (χ2n) is 8.34. The summed E-state index contributed by atoms with van der Waals surface area (Å²) in [5.74, 6) is 1.28. The number of nitrogens with zero attached hydrogens (tertiary/aromatic N) is 1. The zero-order valence-corrected chi connectivity index (χ0v) is 16.6. The third-order valence-corrected chi connectivity index (χ3v) is 5.54. The standard InChI is InChI=1S/C23H39NO/c1-20(2)12-10-8-6-4-3-5-7-9-11-16-24-17-15-21-18-23(25)14-13-22(21)19-24/h13-14,18,20,25H,3-12,15-17,19H2,1-2H3. The van der Waals surface area contributed by atoms with E-state index in [2.05, 4.69) is 24.8 Å². The van der Waals surface area contributed by atoms with Crippen LogP contribution in [0.1, 0.15) is 89.2 Å². The first-order chi connectivity index (χ1) is 12.1. The summed E-state index contributed by atoms with van der Waals surface area (Å²) < 4.78 is 0. The summed E-state index contributed by atoms with van der Waals surface area (Å²) in [6.07, 6.45) is 15.2. The van der Waals surface area contributed by atoms with Crippen LogP contribution in [0.3, 0.4) is 0 Å². The number of hydrogen-bond acceptors (Lipinski definition) is 2. The van der Waals surface area contributed by atoms with Crippen molar-refractivity contribution in [3.8, 4) is 5.75 Å². The van der Waals surface area contributed by atoms with E-state index < -0.39 is 0 Å². The number of hydrogen-bond donors (Lipinski definition) is 1. The molecule has 1 N–H and O–H groups in total. The van der Waals surface area contributed by atoms with Gasteiger partial charge in [-0.1, -0.05) is 77.7 Å². The molecular formula is C23H39NO. The van der Waals surface area contributed by atoms with E-state index in [1.54, 1.807) is 0 Å². The summed E-state index contributed by atoms with van der Waals surface area (Å²) >= 11 is 0. The second kappa shape index (κ2) is 11.6. The van der Waals surface area contributed by atoms with Gasteiger partial charge < -0.3 is 5.11 Å². The van der Waals surface area contributed by atoms with Gasteiger partial charge in [0, 0.05) is 13.1 Å². The van der Waals surface area contributed by atoms with Crippen molar-refractivity contribution in [2.45, 2.75) is 91.0 Å². The smallest absolute Gasteiger partial charge is 0.115 e. The van der Waals surface area contributed by atoms with Crippen LogP contribution in [-0.2, 0) is 13.0 Å². The molecule has 142 valence electrons. The van der Waals surface area contributed by atoms with Gasteiger partial charge in [-0.25, -0.2) is 0 Å². The van der Waals surface area contributed by atoms with Crippen LogP contribution in [-0.4, -0.2) is 23.1 Å². The Hall–Kier alpha value is -1.02. The average Bonchev–Trinajstić information content (AvgIpc) is 2.59. The van der Waals surface area contributed by atoms with E-state index in [9.17, 15) is 5.11 Å². The van der Waals surface area contributed by atoms with Crippen LogP contribution >= 0.6 is 0 Å². The molecule has 0 fully saturated rings. The van der Waals surface area contributed by atoms with Gasteiger partial charge in [-0.3, -0.25) is 4.90 Å². The fourth-order valence-corrected chi connectivity index (χ4v) is 3.91. The maximum absolute atomic E-state index is 9.57. The van der Waals surface area contributed by atoms with Crippen molar-refractivity contribution in [1.29, 1.82) is 0 Å². The lowest BCUT2D eigenvalue weighted by Gasteiger charge is -2.28. The molecule has 2 heteroatoms. The van der Waals surface area contributed by atoms with Gasteiger partial charge in [0.05, 0.1) is 0 Å². The Labute approximate surface area is 155 Å². The average molecular weight is 346 g/mol. The number of phenols is 1. The third-order valence-electron chi connectivity index (χ3n) is 5.54. The number of unbranched alkanes of at least 4 members (excludes halogenated alkanes) is 8. The molecule has 0 saturated heterocycles. The summed E-state index contributed by atoms with van der Waals surface area (Å²) in [6, 6.07) is 5.86. The van der Waals surface area contributed by atoms with Crippen LogP contribution in [0.4, 0.5) is 0 Å². The molecule has 0 radical (unpaired) electrons. The van der Waals surface area contributed by atoms with Gasteiger partial charge in [-0.2, -0.15) is 0 Å². The van der Waals surface area contributed by atoms with Crippen molar-refractivity contribution in [2.24, 2.45) is 5.92 Å².